The van der Waals surface area contributed by atoms with Crippen LogP contribution in [-0.2, 0) is 18.9 Å². The van der Waals surface area contributed by atoms with E-state index < -0.39 is 0 Å². The fourth-order valence-corrected chi connectivity index (χ4v) is 1.58. The molecule has 0 bridgehead atoms. The van der Waals surface area contributed by atoms with Crippen LogP contribution in [0, 0.1) is 0 Å². The monoisotopic (exact) mass is 312 g/mol. The van der Waals surface area contributed by atoms with Crippen molar-refractivity contribution in [1.82, 2.24) is 4.90 Å². The summed E-state index contributed by atoms with van der Waals surface area (Å²) in [6.45, 7) is 10.4. The van der Waals surface area contributed by atoms with E-state index in [1.807, 2.05) is 31.9 Å². The normalized spacial score (nSPS) is 17.4. The van der Waals surface area contributed by atoms with Gasteiger partial charge in [0.2, 0.25) is 0 Å². The molecule has 22 heavy (non-hydrogen) atoms. The number of aliphatic imine (C=N–C) groups is 1. The summed E-state index contributed by atoms with van der Waals surface area (Å²) < 4.78 is 21.3. The molecule has 0 spiro atoms. The Morgan fingerprint density at radius 3 is 2.77 bits per heavy atom. The zero-order valence-electron chi connectivity index (χ0n) is 14.1. The van der Waals surface area contributed by atoms with Gasteiger partial charge in [-0.05, 0) is 13.8 Å². The zero-order chi connectivity index (χ0) is 16.4. The van der Waals surface area contributed by atoms with Crippen molar-refractivity contribution >= 4 is 6.34 Å². The zero-order valence-corrected chi connectivity index (χ0v) is 14.1. The Hall–Kier alpha value is -1.37. The molecule has 0 aliphatic carbocycles. The van der Waals surface area contributed by atoms with Gasteiger partial charge in [0.15, 0.2) is 0 Å². The summed E-state index contributed by atoms with van der Waals surface area (Å²) >= 11 is 0. The van der Waals surface area contributed by atoms with Gasteiger partial charge in [-0.15, -0.1) is 0 Å². The first-order valence-corrected chi connectivity index (χ1v) is 7.51. The standard InChI is InChI=1S/C16H28N2O4/c1-13(17-12-18(4)15(3)19-5)9-14(2)21-7-6-8-22-16-10-20-11-16/h9,12,15-16H,2,6-8,10-11H2,1,3-5H3/b13-9+,17-12-. The fraction of sp³-hybridized carbons (Fsp3) is 0.688. The van der Waals surface area contributed by atoms with Crippen LogP contribution < -0.4 is 0 Å². The van der Waals surface area contributed by atoms with E-state index in [1.54, 1.807) is 13.4 Å². The first-order chi connectivity index (χ1) is 10.5. The second kappa shape index (κ2) is 10.4. The molecule has 126 valence electrons. The summed E-state index contributed by atoms with van der Waals surface area (Å²) in [7, 11) is 3.57. The van der Waals surface area contributed by atoms with E-state index in [0.717, 1.165) is 12.1 Å². The summed E-state index contributed by atoms with van der Waals surface area (Å²) in [6.07, 6.45) is 4.62. The van der Waals surface area contributed by atoms with Crippen molar-refractivity contribution in [3.05, 3.63) is 24.1 Å². The van der Waals surface area contributed by atoms with Crippen LogP contribution in [0.2, 0.25) is 0 Å². The largest absolute Gasteiger partial charge is 0.494 e. The SMILES string of the molecule is C=C(/C=C(C)/N=C\N(C)C(C)OC)OCCCOC1COC1. The van der Waals surface area contributed by atoms with Crippen molar-refractivity contribution in [3.63, 3.8) is 0 Å². The molecule has 1 heterocycles. The number of hydrogen-bond acceptors (Lipinski definition) is 5. The molecule has 0 amide bonds. The highest BCUT2D eigenvalue weighted by atomic mass is 16.6. The van der Waals surface area contributed by atoms with Crippen LogP contribution in [0.4, 0.5) is 0 Å². The van der Waals surface area contributed by atoms with Crippen molar-refractivity contribution in [3.8, 4) is 0 Å². The minimum atomic E-state index is -0.0166. The Kier molecular flexibility index (Phi) is 8.81. The molecule has 1 aliphatic heterocycles. The van der Waals surface area contributed by atoms with Crippen LogP contribution in [0.3, 0.4) is 0 Å². The molecular weight excluding hydrogens is 284 g/mol. The van der Waals surface area contributed by atoms with Gasteiger partial charge in [-0.3, -0.25) is 0 Å². The minimum Gasteiger partial charge on any atom is -0.494 e. The van der Waals surface area contributed by atoms with E-state index in [4.69, 9.17) is 18.9 Å². The van der Waals surface area contributed by atoms with Crippen molar-refractivity contribution in [1.29, 1.82) is 0 Å². The van der Waals surface area contributed by atoms with E-state index in [2.05, 4.69) is 11.6 Å². The van der Waals surface area contributed by atoms with Gasteiger partial charge < -0.3 is 23.8 Å². The summed E-state index contributed by atoms with van der Waals surface area (Å²) in [4.78, 5) is 6.20. The topological polar surface area (TPSA) is 52.5 Å². The Labute approximate surface area is 133 Å². The summed E-state index contributed by atoms with van der Waals surface area (Å²) in [5, 5.41) is 0. The van der Waals surface area contributed by atoms with Crippen LogP contribution in [0.5, 0.6) is 0 Å². The molecule has 0 saturated carbocycles. The van der Waals surface area contributed by atoms with E-state index in [9.17, 15) is 0 Å². The van der Waals surface area contributed by atoms with E-state index in [0.29, 0.717) is 32.2 Å². The Morgan fingerprint density at radius 2 is 2.18 bits per heavy atom. The third kappa shape index (κ3) is 7.59. The molecule has 1 aliphatic rings. The average Bonchev–Trinajstić information content (AvgIpc) is 2.45. The molecule has 1 unspecified atom stereocenters. The molecule has 0 aromatic carbocycles. The second-order valence-corrected chi connectivity index (χ2v) is 5.23. The lowest BCUT2D eigenvalue weighted by molar-refractivity contribution is -0.130. The van der Waals surface area contributed by atoms with Crippen LogP contribution in [0.15, 0.2) is 29.1 Å². The highest BCUT2D eigenvalue weighted by Gasteiger charge is 2.17. The van der Waals surface area contributed by atoms with Gasteiger partial charge in [0.05, 0.1) is 32.8 Å². The quantitative estimate of drug-likeness (QED) is 0.146. The molecule has 1 atom stereocenters. The number of allylic oxidation sites excluding steroid dienone is 2. The molecule has 0 aromatic rings. The third-order valence-electron chi connectivity index (χ3n) is 3.27. The van der Waals surface area contributed by atoms with E-state index in [1.165, 1.54) is 0 Å². The molecule has 1 fully saturated rings. The smallest absolute Gasteiger partial charge is 0.127 e. The lowest BCUT2D eigenvalue weighted by Gasteiger charge is -2.25. The maximum absolute atomic E-state index is 5.55. The first kappa shape index (κ1) is 18.7. The van der Waals surface area contributed by atoms with Crippen LogP contribution in [0.1, 0.15) is 20.3 Å². The molecule has 6 nitrogen and oxygen atoms in total. The molecular formula is C16H28N2O4. The van der Waals surface area contributed by atoms with Crippen LogP contribution >= 0.6 is 0 Å². The summed E-state index contributed by atoms with van der Waals surface area (Å²) in [6, 6.07) is 0. The molecule has 1 saturated heterocycles. The molecule has 0 aromatic heterocycles. The van der Waals surface area contributed by atoms with Gasteiger partial charge in [-0.1, -0.05) is 6.58 Å². The van der Waals surface area contributed by atoms with Crippen molar-refractivity contribution < 1.29 is 18.9 Å². The number of ether oxygens (including phenoxy) is 4. The maximum Gasteiger partial charge on any atom is 0.127 e. The Morgan fingerprint density at radius 1 is 1.45 bits per heavy atom. The Balaban J connectivity index is 2.16. The van der Waals surface area contributed by atoms with Gasteiger partial charge >= 0.3 is 0 Å². The second-order valence-electron chi connectivity index (χ2n) is 5.23. The number of rotatable bonds is 11. The van der Waals surface area contributed by atoms with Crippen molar-refractivity contribution in [2.75, 3.05) is 40.6 Å². The van der Waals surface area contributed by atoms with Gasteiger partial charge in [-0.2, -0.15) is 0 Å². The number of methoxy groups -OCH3 is 1. The Bertz CT molecular complexity index is 392. The highest BCUT2D eigenvalue weighted by molar-refractivity contribution is 5.56. The lowest BCUT2D eigenvalue weighted by Crippen LogP contribution is -2.36. The third-order valence-corrected chi connectivity index (χ3v) is 3.27. The van der Waals surface area contributed by atoms with E-state index in [-0.39, 0.29) is 12.3 Å². The van der Waals surface area contributed by atoms with Gasteiger partial charge in [0.1, 0.15) is 18.1 Å². The lowest BCUT2D eigenvalue weighted by atomic mass is 10.3. The van der Waals surface area contributed by atoms with Gasteiger partial charge in [0, 0.05) is 32.4 Å². The number of hydrogen-bond donors (Lipinski definition) is 0. The van der Waals surface area contributed by atoms with Gasteiger partial charge in [-0.25, -0.2) is 4.99 Å². The molecule has 0 radical (unpaired) electrons. The van der Waals surface area contributed by atoms with Crippen molar-refractivity contribution in [2.45, 2.75) is 32.6 Å². The summed E-state index contributed by atoms with van der Waals surface area (Å²) in [5.41, 5.74) is 0.822. The van der Waals surface area contributed by atoms with Crippen LogP contribution in [-0.4, -0.2) is 64.2 Å². The predicted octanol–water partition coefficient (Wildman–Crippen LogP) is 2.18. The molecule has 0 N–H and O–H groups in total. The molecule has 6 heteroatoms. The number of nitrogens with zero attached hydrogens (tertiary/aromatic N) is 2. The summed E-state index contributed by atoms with van der Waals surface area (Å²) in [5.74, 6) is 0.601. The minimum absolute atomic E-state index is 0.0166. The predicted molar refractivity (Wildman–Crippen MR) is 86.8 cm³/mol. The highest BCUT2D eigenvalue weighted by Crippen LogP contribution is 2.07. The van der Waals surface area contributed by atoms with Crippen molar-refractivity contribution in [2.24, 2.45) is 4.99 Å². The van der Waals surface area contributed by atoms with Gasteiger partial charge in [0.25, 0.3) is 0 Å². The fourth-order valence-electron chi connectivity index (χ4n) is 1.58. The molecule has 1 rings (SSSR count). The average molecular weight is 312 g/mol. The van der Waals surface area contributed by atoms with Crippen LogP contribution in [0.25, 0.3) is 0 Å². The maximum atomic E-state index is 5.55. The van der Waals surface area contributed by atoms with E-state index >= 15 is 0 Å². The first-order valence-electron chi connectivity index (χ1n) is 7.51.